The molecule has 0 aromatic rings. The third-order valence-corrected chi connectivity index (χ3v) is 9.62. The van der Waals surface area contributed by atoms with E-state index in [4.69, 9.17) is 13.8 Å². The first-order valence-corrected chi connectivity index (χ1v) is 15.6. The van der Waals surface area contributed by atoms with E-state index < -0.39 is 8.53 Å². The fourth-order valence-electron chi connectivity index (χ4n) is 5.54. The number of allylic oxidation sites excluding steroid dienone is 7. The standard InChI is InChI=1S/C33H52NO3P/c1-30(2,3)22-13-14-24-25-20-23(31(4,5)6)21-27(32(7,8)9)28(25)36-38(34-15-17-35-18-16-34)37-29(26(24)19-22)33(10,11)12/h19-21,28H,13-18H2,1-12H3/b25-24-,29-26?. The highest BCUT2D eigenvalue weighted by molar-refractivity contribution is 7.44. The van der Waals surface area contributed by atoms with E-state index in [0.717, 1.165) is 44.9 Å². The van der Waals surface area contributed by atoms with E-state index in [1.165, 1.54) is 33.4 Å². The lowest BCUT2D eigenvalue weighted by molar-refractivity contribution is 0.0584. The molecule has 2 heterocycles. The number of nitrogens with zero attached hydrogens (tertiary/aromatic N) is 1. The van der Waals surface area contributed by atoms with Crippen LogP contribution in [-0.2, 0) is 13.8 Å². The first-order valence-electron chi connectivity index (χ1n) is 14.5. The summed E-state index contributed by atoms with van der Waals surface area (Å²) < 4.78 is 22.4. The van der Waals surface area contributed by atoms with Crippen LogP contribution in [0.1, 0.15) is 95.9 Å². The van der Waals surface area contributed by atoms with Crippen LogP contribution in [0, 0.1) is 21.7 Å². The molecule has 2 aliphatic carbocycles. The second-order valence-electron chi connectivity index (χ2n) is 15.4. The average Bonchev–Trinajstić information content (AvgIpc) is 2.77. The van der Waals surface area contributed by atoms with E-state index in [2.05, 4.69) is 106 Å². The Morgan fingerprint density at radius 2 is 1.37 bits per heavy atom. The average molecular weight is 542 g/mol. The third kappa shape index (κ3) is 6.25. The van der Waals surface area contributed by atoms with Gasteiger partial charge in [-0.25, -0.2) is 4.67 Å². The molecule has 0 bridgehead atoms. The highest BCUT2D eigenvalue weighted by Crippen LogP contribution is 2.58. The van der Waals surface area contributed by atoms with Crippen LogP contribution in [0.4, 0.5) is 0 Å². The van der Waals surface area contributed by atoms with Gasteiger partial charge in [-0.05, 0) is 51.4 Å². The molecule has 4 rings (SSSR count). The molecule has 0 aromatic carbocycles. The number of hydrogen-bond donors (Lipinski definition) is 0. The van der Waals surface area contributed by atoms with Gasteiger partial charge in [-0.1, -0.05) is 107 Å². The van der Waals surface area contributed by atoms with Crippen LogP contribution in [-0.4, -0.2) is 37.1 Å². The van der Waals surface area contributed by atoms with Gasteiger partial charge in [0.15, 0.2) is 0 Å². The van der Waals surface area contributed by atoms with Gasteiger partial charge >= 0.3 is 8.53 Å². The van der Waals surface area contributed by atoms with Crippen molar-refractivity contribution in [3.63, 3.8) is 0 Å². The minimum absolute atomic E-state index is 0.0374. The van der Waals surface area contributed by atoms with Crippen LogP contribution in [0.5, 0.6) is 0 Å². The van der Waals surface area contributed by atoms with E-state index in [0.29, 0.717) is 0 Å². The van der Waals surface area contributed by atoms with E-state index >= 15 is 0 Å². The number of ether oxygens (including phenoxy) is 1. The van der Waals surface area contributed by atoms with Crippen molar-refractivity contribution in [3.8, 4) is 0 Å². The largest absolute Gasteiger partial charge is 0.439 e. The van der Waals surface area contributed by atoms with E-state index in [1.807, 2.05) is 0 Å². The van der Waals surface area contributed by atoms with Crippen molar-refractivity contribution in [2.75, 3.05) is 26.3 Å². The van der Waals surface area contributed by atoms with Crippen molar-refractivity contribution in [1.82, 2.24) is 4.67 Å². The number of fused-ring (bicyclic) bond motifs is 2. The zero-order valence-electron chi connectivity index (χ0n) is 26.2. The molecule has 0 N–H and O–H groups in total. The lowest BCUT2D eigenvalue weighted by Gasteiger charge is -2.44. The lowest BCUT2D eigenvalue weighted by Crippen LogP contribution is -2.38. The molecule has 0 aromatic heterocycles. The monoisotopic (exact) mass is 541 g/mol. The summed E-state index contributed by atoms with van der Waals surface area (Å²) in [5, 5.41) is 0. The number of rotatable bonds is 1. The normalized spacial score (nSPS) is 28.4. The topological polar surface area (TPSA) is 30.9 Å². The van der Waals surface area contributed by atoms with Gasteiger partial charge in [-0.3, -0.25) is 4.52 Å². The summed E-state index contributed by atoms with van der Waals surface area (Å²) >= 11 is 0. The Bertz CT molecular complexity index is 1090. The maximum absolute atomic E-state index is 7.19. The third-order valence-electron chi connectivity index (χ3n) is 8.03. The second-order valence-corrected chi connectivity index (χ2v) is 16.9. The van der Waals surface area contributed by atoms with Gasteiger partial charge < -0.3 is 9.26 Å². The molecule has 1 saturated heterocycles. The van der Waals surface area contributed by atoms with Gasteiger partial charge in [-0.15, -0.1) is 0 Å². The summed E-state index contributed by atoms with van der Waals surface area (Å²) in [5.41, 5.74) is 8.23. The summed E-state index contributed by atoms with van der Waals surface area (Å²) in [5.74, 6) is 1.06. The molecule has 2 aliphatic heterocycles. The summed E-state index contributed by atoms with van der Waals surface area (Å²) in [7, 11) is -1.31. The molecule has 5 heteroatoms. The summed E-state index contributed by atoms with van der Waals surface area (Å²) in [4.78, 5) is 0. The molecule has 0 spiro atoms. The SMILES string of the molecule is CC(C)(C)C1=C/C2=C3\CCC(C(C)(C)C)=CC3=C(C(C)(C)C)OP(N3CCOCC3)OC2C(C(C)(C)C)=C1. The Kier molecular flexibility index (Phi) is 8.10. The van der Waals surface area contributed by atoms with E-state index in [1.54, 1.807) is 0 Å². The number of hydrogen-bond acceptors (Lipinski definition) is 4. The highest BCUT2D eigenvalue weighted by Gasteiger charge is 2.43. The molecule has 0 amide bonds. The molecular weight excluding hydrogens is 489 g/mol. The Morgan fingerprint density at radius 3 is 1.89 bits per heavy atom. The molecule has 0 radical (unpaired) electrons. The molecule has 2 atom stereocenters. The molecule has 38 heavy (non-hydrogen) atoms. The summed E-state index contributed by atoms with van der Waals surface area (Å²) in [6, 6.07) is 0. The van der Waals surface area contributed by atoms with E-state index in [9.17, 15) is 0 Å². The Balaban J connectivity index is 2.04. The van der Waals surface area contributed by atoms with Crippen LogP contribution in [0.2, 0.25) is 0 Å². The van der Waals surface area contributed by atoms with Crippen molar-refractivity contribution in [3.05, 3.63) is 57.4 Å². The van der Waals surface area contributed by atoms with Gasteiger partial charge in [0.25, 0.3) is 0 Å². The van der Waals surface area contributed by atoms with Crippen molar-refractivity contribution < 1.29 is 13.8 Å². The van der Waals surface area contributed by atoms with Crippen molar-refractivity contribution in [2.45, 2.75) is 102 Å². The molecule has 2 unspecified atom stereocenters. The molecule has 4 nitrogen and oxygen atoms in total. The summed E-state index contributed by atoms with van der Waals surface area (Å²) in [6.07, 6.45) is 9.33. The minimum Gasteiger partial charge on any atom is -0.439 e. The fraction of sp³-hybridized carbons (Fsp3) is 0.697. The highest BCUT2D eigenvalue weighted by atomic mass is 31.2. The Hall–Kier alpha value is -1.19. The zero-order chi connectivity index (χ0) is 28.3. The summed E-state index contributed by atoms with van der Waals surface area (Å²) in [6.45, 7) is 30.9. The van der Waals surface area contributed by atoms with Gasteiger partial charge in [-0.2, -0.15) is 0 Å². The van der Waals surface area contributed by atoms with Crippen LogP contribution in [0.15, 0.2) is 57.4 Å². The van der Waals surface area contributed by atoms with Gasteiger partial charge in [0.2, 0.25) is 0 Å². The van der Waals surface area contributed by atoms with Crippen LogP contribution in [0.25, 0.3) is 0 Å². The number of morpholine rings is 1. The zero-order valence-corrected chi connectivity index (χ0v) is 27.1. The predicted octanol–water partition coefficient (Wildman–Crippen LogP) is 9.28. The predicted molar refractivity (Wildman–Crippen MR) is 161 cm³/mol. The smallest absolute Gasteiger partial charge is 0.321 e. The lowest BCUT2D eigenvalue weighted by atomic mass is 9.69. The van der Waals surface area contributed by atoms with Crippen LogP contribution < -0.4 is 0 Å². The van der Waals surface area contributed by atoms with Crippen LogP contribution >= 0.6 is 8.53 Å². The minimum atomic E-state index is -1.31. The molecule has 0 saturated carbocycles. The van der Waals surface area contributed by atoms with Gasteiger partial charge in [0, 0.05) is 24.1 Å². The van der Waals surface area contributed by atoms with Gasteiger partial charge in [0.1, 0.15) is 11.9 Å². The first kappa shape index (κ1) is 29.8. The van der Waals surface area contributed by atoms with Crippen molar-refractivity contribution in [2.24, 2.45) is 21.7 Å². The first-order chi connectivity index (χ1) is 17.4. The maximum atomic E-state index is 7.19. The Labute approximate surface area is 234 Å². The van der Waals surface area contributed by atoms with Gasteiger partial charge in [0.05, 0.1) is 13.2 Å². The molecule has 1 fully saturated rings. The van der Waals surface area contributed by atoms with Crippen LogP contribution in [0.3, 0.4) is 0 Å². The molecular formula is C33H52NO3P. The van der Waals surface area contributed by atoms with Crippen molar-refractivity contribution in [1.29, 1.82) is 0 Å². The maximum Gasteiger partial charge on any atom is 0.321 e. The molecule has 212 valence electrons. The fourth-order valence-corrected chi connectivity index (χ4v) is 7.26. The quantitative estimate of drug-likeness (QED) is 0.310. The second kappa shape index (κ2) is 10.3. The molecule has 4 aliphatic rings. The van der Waals surface area contributed by atoms with E-state index in [-0.39, 0.29) is 27.8 Å². The Morgan fingerprint density at radius 1 is 0.737 bits per heavy atom. The van der Waals surface area contributed by atoms with Crippen molar-refractivity contribution >= 4 is 8.53 Å².